The highest BCUT2D eigenvalue weighted by Crippen LogP contribution is 2.37. The molecular formula is C16H19ClF3NO2. The van der Waals surface area contributed by atoms with Crippen LogP contribution >= 0.6 is 11.6 Å². The van der Waals surface area contributed by atoms with Crippen LogP contribution in [0.2, 0.25) is 5.02 Å². The Morgan fingerprint density at radius 2 is 2.04 bits per heavy atom. The number of alkyl halides is 3. The molecule has 0 saturated heterocycles. The van der Waals surface area contributed by atoms with E-state index >= 15 is 0 Å². The lowest BCUT2D eigenvalue weighted by Crippen LogP contribution is -2.50. The van der Waals surface area contributed by atoms with Crippen molar-refractivity contribution in [2.75, 3.05) is 0 Å². The molecule has 3 atom stereocenters. The number of ether oxygens (including phenoxy) is 1. The van der Waals surface area contributed by atoms with Gasteiger partial charge < -0.3 is 10.1 Å². The standard InChI is InChI=1S/C16H19ClF3NO2/c1-10(23-12-6-4-5-11(17)9-12)15(22)21-14-8-3-2-7-13(14)16(18,19)20/h4-6,9-10,13-14H,2-3,7-8H2,1H3,(H,21,22)/t10-,13+,14+/m0/s1. The summed E-state index contributed by atoms with van der Waals surface area (Å²) < 4.78 is 44.6. The van der Waals surface area contributed by atoms with Crippen LogP contribution in [0.4, 0.5) is 13.2 Å². The van der Waals surface area contributed by atoms with E-state index in [1.807, 2.05) is 0 Å². The molecule has 3 nitrogen and oxygen atoms in total. The third-order valence-electron chi connectivity index (χ3n) is 3.99. The van der Waals surface area contributed by atoms with Crippen LogP contribution in [-0.2, 0) is 4.79 Å². The Balaban J connectivity index is 1.96. The van der Waals surface area contributed by atoms with Crippen LogP contribution in [0, 0.1) is 5.92 Å². The van der Waals surface area contributed by atoms with Gasteiger partial charge in [0.05, 0.1) is 5.92 Å². The summed E-state index contributed by atoms with van der Waals surface area (Å²) in [7, 11) is 0. The molecule has 1 N–H and O–H groups in total. The van der Waals surface area contributed by atoms with Crippen molar-refractivity contribution in [1.82, 2.24) is 5.32 Å². The summed E-state index contributed by atoms with van der Waals surface area (Å²) in [5, 5.41) is 2.95. The summed E-state index contributed by atoms with van der Waals surface area (Å²) in [5.41, 5.74) is 0. The van der Waals surface area contributed by atoms with Crippen molar-refractivity contribution in [3.63, 3.8) is 0 Å². The molecule has 23 heavy (non-hydrogen) atoms. The summed E-state index contributed by atoms with van der Waals surface area (Å²) in [4.78, 5) is 12.1. The number of nitrogens with one attached hydrogen (secondary N) is 1. The first-order chi connectivity index (χ1) is 10.8. The number of carbonyl (C=O) groups excluding carboxylic acids is 1. The van der Waals surface area contributed by atoms with Crippen LogP contribution in [0.15, 0.2) is 24.3 Å². The molecule has 7 heteroatoms. The van der Waals surface area contributed by atoms with Crippen molar-refractivity contribution in [2.45, 2.75) is 50.9 Å². The highest BCUT2D eigenvalue weighted by atomic mass is 35.5. The average Bonchev–Trinajstić information content (AvgIpc) is 2.46. The Labute approximate surface area is 138 Å². The fraction of sp³-hybridized carbons (Fsp3) is 0.562. The fourth-order valence-electron chi connectivity index (χ4n) is 2.79. The van der Waals surface area contributed by atoms with E-state index in [-0.39, 0.29) is 6.42 Å². The largest absolute Gasteiger partial charge is 0.481 e. The molecule has 1 aromatic carbocycles. The molecule has 0 spiro atoms. The minimum Gasteiger partial charge on any atom is -0.481 e. The van der Waals surface area contributed by atoms with Crippen LogP contribution in [0.5, 0.6) is 5.75 Å². The smallest absolute Gasteiger partial charge is 0.393 e. The van der Waals surface area contributed by atoms with Crippen LogP contribution in [0.1, 0.15) is 32.6 Å². The molecule has 1 saturated carbocycles. The molecule has 1 aliphatic carbocycles. The Hall–Kier alpha value is -1.43. The second kappa shape index (κ2) is 7.43. The molecule has 1 aliphatic rings. The van der Waals surface area contributed by atoms with Gasteiger partial charge in [-0.05, 0) is 38.0 Å². The zero-order valence-electron chi connectivity index (χ0n) is 12.7. The van der Waals surface area contributed by atoms with Crippen molar-refractivity contribution in [3.8, 4) is 5.75 Å². The van der Waals surface area contributed by atoms with Gasteiger partial charge in [-0.25, -0.2) is 0 Å². The average molecular weight is 350 g/mol. The molecule has 128 valence electrons. The zero-order valence-corrected chi connectivity index (χ0v) is 13.5. The summed E-state index contributed by atoms with van der Waals surface area (Å²) in [6, 6.07) is 5.62. The quantitative estimate of drug-likeness (QED) is 0.877. The Kier molecular flexibility index (Phi) is 5.79. The van der Waals surface area contributed by atoms with Gasteiger partial charge in [0.1, 0.15) is 5.75 Å². The molecule has 1 aromatic rings. The van der Waals surface area contributed by atoms with Gasteiger partial charge in [-0.1, -0.05) is 30.5 Å². The van der Waals surface area contributed by atoms with Crippen molar-refractivity contribution in [2.24, 2.45) is 5.92 Å². The van der Waals surface area contributed by atoms with E-state index in [9.17, 15) is 18.0 Å². The van der Waals surface area contributed by atoms with Gasteiger partial charge >= 0.3 is 6.18 Å². The molecule has 0 bridgehead atoms. The lowest BCUT2D eigenvalue weighted by molar-refractivity contribution is -0.189. The third-order valence-corrected chi connectivity index (χ3v) is 4.23. The Morgan fingerprint density at radius 3 is 2.70 bits per heavy atom. The number of hydrogen-bond acceptors (Lipinski definition) is 2. The number of carbonyl (C=O) groups is 1. The summed E-state index contributed by atoms with van der Waals surface area (Å²) >= 11 is 5.83. The minimum absolute atomic E-state index is 0.0535. The van der Waals surface area contributed by atoms with Gasteiger partial charge in [0.2, 0.25) is 0 Å². The van der Waals surface area contributed by atoms with Crippen molar-refractivity contribution >= 4 is 17.5 Å². The van der Waals surface area contributed by atoms with Gasteiger partial charge in [-0.15, -0.1) is 0 Å². The lowest BCUT2D eigenvalue weighted by Gasteiger charge is -2.34. The maximum absolute atomic E-state index is 13.0. The van der Waals surface area contributed by atoms with E-state index in [1.54, 1.807) is 24.3 Å². The molecule has 1 fully saturated rings. The third kappa shape index (κ3) is 5.03. The van der Waals surface area contributed by atoms with Gasteiger partial charge in [0.25, 0.3) is 5.91 Å². The van der Waals surface area contributed by atoms with Gasteiger partial charge in [0, 0.05) is 11.1 Å². The normalized spacial score (nSPS) is 23.2. The topological polar surface area (TPSA) is 38.3 Å². The summed E-state index contributed by atoms with van der Waals surface area (Å²) in [6.07, 6.45) is -3.59. The first-order valence-corrected chi connectivity index (χ1v) is 7.94. The molecule has 0 aliphatic heterocycles. The van der Waals surface area contributed by atoms with E-state index in [0.29, 0.717) is 30.0 Å². The number of rotatable bonds is 4. The molecule has 0 radical (unpaired) electrons. The number of amides is 1. The van der Waals surface area contributed by atoms with Gasteiger partial charge in [-0.2, -0.15) is 13.2 Å². The first-order valence-electron chi connectivity index (χ1n) is 7.56. The van der Waals surface area contributed by atoms with E-state index in [1.165, 1.54) is 6.92 Å². The maximum Gasteiger partial charge on any atom is 0.393 e. The predicted octanol–water partition coefficient (Wildman–Crippen LogP) is 4.34. The van der Waals surface area contributed by atoms with Crippen molar-refractivity contribution in [1.29, 1.82) is 0 Å². The van der Waals surface area contributed by atoms with Gasteiger partial charge in [-0.3, -0.25) is 4.79 Å². The van der Waals surface area contributed by atoms with Crippen LogP contribution < -0.4 is 10.1 Å². The molecule has 0 heterocycles. The summed E-state index contributed by atoms with van der Waals surface area (Å²) in [6.45, 7) is 1.50. The van der Waals surface area contributed by atoms with E-state index in [0.717, 1.165) is 0 Å². The van der Waals surface area contributed by atoms with E-state index in [4.69, 9.17) is 16.3 Å². The van der Waals surface area contributed by atoms with Crippen molar-refractivity contribution < 1.29 is 22.7 Å². The first kappa shape index (κ1) is 17.9. The number of hydrogen-bond donors (Lipinski definition) is 1. The fourth-order valence-corrected chi connectivity index (χ4v) is 2.97. The molecular weight excluding hydrogens is 331 g/mol. The number of benzene rings is 1. The number of halogens is 4. The second-order valence-corrected chi connectivity index (χ2v) is 6.20. The highest BCUT2D eigenvalue weighted by molar-refractivity contribution is 6.30. The molecule has 0 unspecified atom stereocenters. The molecule has 1 amide bonds. The van der Waals surface area contributed by atoms with E-state index in [2.05, 4.69) is 5.32 Å². The summed E-state index contributed by atoms with van der Waals surface area (Å²) in [5.74, 6) is -1.64. The Bertz CT molecular complexity index is 550. The predicted molar refractivity (Wildman–Crippen MR) is 81.5 cm³/mol. The SMILES string of the molecule is C[C@H](Oc1cccc(Cl)c1)C(=O)N[C@@H]1CCCC[C@H]1C(F)(F)F. The monoisotopic (exact) mass is 349 g/mol. The second-order valence-electron chi connectivity index (χ2n) is 5.77. The lowest BCUT2D eigenvalue weighted by atomic mass is 9.84. The zero-order chi connectivity index (χ0) is 17.0. The van der Waals surface area contributed by atoms with Crippen LogP contribution in [0.3, 0.4) is 0 Å². The van der Waals surface area contributed by atoms with Gasteiger partial charge in [0.15, 0.2) is 6.10 Å². The maximum atomic E-state index is 13.0. The molecule has 0 aromatic heterocycles. The Morgan fingerprint density at radius 1 is 1.35 bits per heavy atom. The molecule has 2 rings (SSSR count). The van der Waals surface area contributed by atoms with Crippen LogP contribution in [-0.4, -0.2) is 24.2 Å². The van der Waals surface area contributed by atoms with Crippen LogP contribution in [0.25, 0.3) is 0 Å². The minimum atomic E-state index is -4.30. The van der Waals surface area contributed by atoms with E-state index < -0.39 is 30.1 Å². The van der Waals surface area contributed by atoms with Crippen molar-refractivity contribution in [3.05, 3.63) is 29.3 Å². The highest BCUT2D eigenvalue weighted by Gasteiger charge is 2.46.